The summed E-state index contributed by atoms with van der Waals surface area (Å²) in [6.07, 6.45) is -8.95. The Morgan fingerprint density at radius 1 is 1.00 bits per heavy atom. The van der Waals surface area contributed by atoms with E-state index in [1.54, 1.807) is 0 Å². The van der Waals surface area contributed by atoms with Gasteiger partial charge in [0.15, 0.2) is 5.69 Å². The van der Waals surface area contributed by atoms with Gasteiger partial charge >= 0.3 is 18.5 Å². The summed E-state index contributed by atoms with van der Waals surface area (Å²) >= 11 is 0. The van der Waals surface area contributed by atoms with Crippen LogP contribution >= 0.6 is 0 Å². The summed E-state index contributed by atoms with van der Waals surface area (Å²) in [6.45, 7) is 0. The van der Waals surface area contributed by atoms with Gasteiger partial charge < -0.3 is 9.84 Å². The summed E-state index contributed by atoms with van der Waals surface area (Å²) in [7, 11) is 0. The van der Waals surface area contributed by atoms with Gasteiger partial charge in [-0.25, -0.2) is 9.78 Å². The molecule has 2 aromatic rings. The Hall–Kier alpha value is -2.78. The second-order valence-corrected chi connectivity index (χ2v) is 4.50. The molecule has 0 bridgehead atoms. The maximum Gasteiger partial charge on any atom is 0.573 e. The lowest BCUT2D eigenvalue weighted by Crippen LogP contribution is -2.17. The molecule has 0 saturated carbocycles. The van der Waals surface area contributed by atoms with E-state index in [-0.39, 0.29) is 11.1 Å². The molecule has 0 spiro atoms. The zero-order chi connectivity index (χ0) is 18.1. The van der Waals surface area contributed by atoms with Gasteiger partial charge in [0, 0.05) is 11.8 Å². The first-order valence-corrected chi connectivity index (χ1v) is 6.14. The van der Waals surface area contributed by atoms with Gasteiger partial charge in [-0.05, 0) is 23.8 Å². The second-order valence-electron chi connectivity index (χ2n) is 4.50. The van der Waals surface area contributed by atoms with Crippen LogP contribution in [0.5, 0.6) is 5.75 Å². The quantitative estimate of drug-likeness (QED) is 0.835. The molecule has 1 aromatic heterocycles. The van der Waals surface area contributed by atoms with Crippen molar-refractivity contribution in [3.63, 3.8) is 0 Å². The molecule has 0 saturated heterocycles. The average Bonchev–Trinajstić information content (AvgIpc) is 2.44. The number of ether oxygens (including phenoxy) is 1. The van der Waals surface area contributed by atoms with E-state index in [0.29, 0.717) is 6.07 Å². The lowest BCUT2D eigenvalue weighted by Gasteiger charge is -2.12. The van der Waals surface area contributed by atoms with Crippen molar-refractivity contribution in [1.29, 1.82) is 0 Å². The molecule has 0 aliphatic rings. The number of halogens is 6. The van der Waals surface area contributed by atoms with E-state index in [1.165, 1.54) is 0 Å². The first-order chi connectivity index (χ1) is 11.0. The zero-order valence-corrected chi connectivity index (χ0v) is 11.4. The summed E-state index contributed by atoms with van der Waals surface area (Å²) in [5.74, 6) is -2.39. The number of carbonyl (C=O) groups is 1. The number of rotatable bonds is 3. The third kappa shape index (κ3) is 4.15. The molecular weight excluding hydrogens is 344 g/mol. The van der Waals surface area contributed by atoms with Gasteiger partial charge in [-0.3, -0.25) is 0 Å². The molecule has 4 nitrogen and oxygen atoms in total. The van der Waals surface area contributed by atoms with Crippen LogP contribution in [0, 0.1) is 0 Å². The first-order valence-electron chi connectivity index (χ1n) is 6.14. The normalized spacial score (nSPS) is 12.1. The number of carboxylic acid groups (broad SMARTS) is 1. The molecule has 0 atom stereocenters. The van der Waals surface area contributed by atoms with Crippen LogP contribution in [-0.2, 0) is 6.18 Å². The second kappa shape index (κ2) is 6.02. The van der Waals surface area contributed by atoms with E-state index in [2.05, 4.69) is 9.72 Å². The van der Waals surface area contributed by atoms with E-state index in [0.717, 1.165) is 30.5 Å². The summed E-state index contributed by atoms with van der Waals surface area (Å²) in [5.41, 5.74) is -2.61. The van der Waals surface area contributed by atoms with Crippen LogP contribution in [-0.4, -0.2) is 22.4 Å². The van der Waals surface area contributed by atoms with Crippen LogP contribution < -0.4 is 4.74 Å². The van der Waals surface area contributed by atoms with E-state index in [1.807, 2.05) is 0 Å². The predicted molar refractivity (Wildman–Crippen MR) is 68.3 cm³/mol. The predicted octanol–water partition coefficient (Wildman–Crippen LogP) is 4.36. The monoisotopic (exact) mass is 351 g/mol. The number of aromatic nitrogens is 1. The van der Waals surface area contributed by atoms with Crippen molar-refractivity contribution in [2.24, 2.45) is 0 Å². The van der Waals surface area contributed by atoms with Gasteiger partial charge in [-0.15, -0.1) is 13.2 Å². The standard InChI is InChI=1S/C14H7F6NO3/c15-13(16,17)10-5-8(6-21-11(10)12(22)23)7-1-3-9(4-2-7)24-14(18,19)20/h1-6H,(H,22,23). The molecule has 0 radical (unpaired) electrons. The van der Waals surface area contributed by atoms with Crippen molar-refractivity contribution in [2.75, 3.05) is 0 Å². The van der Waals surface area contributed by atoms with Crippen molar-refractivity contribution >= 4 is 5.97 Å². The van der Waals surface area contributed by atoms with Gasteiger partial charge in [0.2, 0.25) is 0 Å². The van der Waals surface area contributed by atoms with Crippen molar-refractivity contribution in [3.05, 3.63) is 47.8 Å². The highest BCUT2D eigenvalue weighted by atomic mass is 19.4. The Balaban J connectivity index is 2.41. The van der Waals surface area contributed by atoms with E-state index in [9.17, 15) is 31.1 Å². The average molecular weight is 351 g/mol. The minimum absolute atomic E-state index is 0.106. The first kappa shape index (κ1) is 17.6. The topological polar surface area (TPSA) is 59.4 Å². The fraction of sp³-hybridized carbons (Fsp3) is 0.143. The highest BCUT2D eigenvalue weighted by molar-refractivity contribution is 5.88. The summed E-state index contributed by atoms with van der Waals surface area (Å²) in [6, 6.07) is 4.59. The summed E-state index contributed by atoms with van der Waals surface area (Å²) < 4.78 is 78.5. The van der Waals surface area contributed by atoms with Gasteiger partial charge in [0.1, 0.15) is 5.75 Å². The van der Waals surface area contributed by atoms with E-state index < -0.39 is 35.5 Å². The Kier molecular flexibility index (Phi) is 4.41. The van der Waals surface area contributed by atoms with Gasteiger partial charge in [0.05, 0.1) is 5.56 Å². The van der Waals surface area contributed by atoms with Crippen molar-refractivity contribution in [1.82, 2.24) is 4.98 Å². The Labute approximate surface area is 130 Å². The number of pyridine rings is 1. The fourth-order valence-electron chi connectivity index (χ4n) is 1.86. The lowest BCUT2D eigenvalue weighted by molar-refractivity contribution is -0.274. The van der Waals surface area contributed by atoms with E-state index in [4.69, 9.17) is 5.11 Å². The zero-order valence-electron chi connectivity index (χ0n) is 11.4. The molecule has 128 valence electrons. The molecule has 2 rings (SSSR count). The smallest absolute Gasteiger partial charge is 0.476 e. The van der Waals surface area contributed by atoms with Crippen LogP contribution in [0.1, 0.15) is 16.1 Å². The molecular formula is C14H7F6NO3. The molecule has 1 N–H and O–H groups in total. The summed E-state index contributed by atoms with van der Waals surface area (Å²) in [5, 5.41) is 8.75. The van der Waals surface area contributed by atoms with Crippen molar-refractivity contribution in [3.8, 4) is 16.9 Å². The van der Waals surface area contributed by atoms with Crippen LogP contribution in [0.4, 0.5) is 26.3 Å². The fourth-order valence-corrected chi connectivity index (χ4v) is 1.86. The van der Waals surface area contributed by atoms with E-state index >= 15 is 0 Å². The number of hydrogen-bond donors (Lipinski definition) is 1. The SMILES string of the molecule is O=C(O)c1ncc(-c2ccc(OC(F)(F)F)cc2)cc1C(F)(F)F. The number of nitrogens with zero attached hydrogens (tertiary/aromatic N) is 1. The summed E-state index contributed by atoms with van der Waals surface area (Å²) in [4.78, 5) is 14.1. The highest BCUT2D eigenvalue weighted by Crippen LogP contribution is 2.34. The van der Waals surface area contributed by atoms with Crippen molar-refractivity contribution < 1.29 is 41.0 Å². The van der Waals surface area contributed by atoms with Gasteiger partial charge in [0.25, 0.3) is 0 Å². The molecule has 1 heterocycles. The molecule has 0 unspecified atom stereocenters. The van der Waals surface area contributed by atoms with Crippen molar-refractivity contribution in [2.45, 2.75) is 12.5 Å². The highest BCUT2D eigenvalue weighted by Gasteiger charge is 2.36. The number of benzene rings is 1. The largest absolute Gasteiger partial charge is 0.573 e. The Bertz CT molecular complexity index is 753. The van der Waals surface area contributed by atoms with Gasteiger partial charge in [-0.2, -0.15) is 13.2 Å². The Morgan fingerprint density at radius 2 is 1.58 bits per heavy atom. The molecule has 1 aromatic carbocycles. The minimum atomic E-state index is -4.95. The number of carboxylic acids is 1. The van der Waals surface area contributed by atoms with Crippen LogP contribution in [0.25, 0.3) is 11.1 Å². The number of alkyl halides is 6. The third-order valence-corrected chi connectivity index (χ3v) is 2.82. The molecule has 24 heavy (non-hydrogen) atoms. The van der Waals surface area contributed by atoms with Crippen LogP contribution in [0.15, 0.2) is 36.5 Å². The van der Waals surface area contributed by atoms with Crippen LogP contribution in [0.3, 0.4) is 0 Å². The third-order valence-electron chi connectivity index (χ3n) is 2.82. The Morgan fingerprint density at radius 3 is 2.04 bits per heavy atom. The van der Waals surface area contributed by atoms with Gasteiger partial charge in [-0.1, -0.05) is 12.1 Å². The molecule has 0 amide bonds. The molecule has 10 heteroatoms. The lowest BCUT2D eigenvalue weighted by atomic mass is 10.0. The maximum atomic E-state index is 12.9. The number of aromatic carboxylic acids is 1. The minimum Gasteiger partial charge on any atom is -0.476 e. The maximum absolute atomic E-state index is 12.9. The molecule has 0 aliphatic heterocycles. The molecule has 0 fully saturated rings. The number of hydrogen-bond acceptors (Lipinski definition) is 3. The molecule has 0 aliphatic carbocycles. The van der Waals surface area contributed by atoms with Crippen LogP contribution in [0.2, 0.25) is 0 Å².